The Balaban J connectivity index is 0.000000510. The molecule has 1 aliphatic rings. The van der Waals surface area contributed by atoms with Crippen LogP contribution in [0.2, 0.25) is 0 Å². The minimum atomic E-state index is -4.67. The number of ether oxygens (including phenoxy) is 2. The smallest absolute Gasteiger partial charge is 0.356 e. The number of alkyl halides is 2. The molecule has 2 aromatic carbocycles. The molecule has 1 fully saturated rings. The molecule has 0 amide bonds. The maximum atomic E-state index is 11.5. The molecule has 1 atom stereocenters. The molecule has 2 aromatic heterocycles. The van der Waals surface area contributed by atoms with Gasteiger partial charge in [-0.2, -0.15) is 13.9 Å². The number of hydrogen-bond donors (Lipinski definition) is 1. The molecule has 14 heteroatoms. The molecule has 0 aliphatic carbocycles. The lowest BCUT2D eigenvalue weighted by molar-refractivity contribution is 0.114. The number of nitrogens with two attached hydrogens (primary N) is 1. The summed E-state index contributed by atoms with van der Waals surface area (Å²) in [5.74, 6) is 1.54. The number of likely N-dealkylation sites (tertiary alicyclic amines) is 1. The molecule has 0 spiro atoms. The second kappa shape index (κ2) is 14.5. The van der Waals surface area contributed by atoms with Crippen molar-refractivity contribution in [3.8, 4) is 22.8 Å². The van der Waals surface area contributed by atoms with E-state index in [1.165, 1.54) is 25.8 Å². The highest BCUT2D eigenvalue weighted by molar-refractivity contribution is 7.90. The first-order valence-corrected chi connectivity index (χ1v) is 16.3. The van der Waals surface area contributed by atoms with E-state index in [0.717, 1.165) is 64.7 Å². The summed E-state index contributed by atoms with van der Waals surface area (Å²) in [6.45, 7) is 5.68. The van der Waals surface area contributed by atoms with E-state index in [-0.39, 0.29) is 6.92 Å². The van der Waals surface area contributed by atoms with E-state index in [1.54, 1.807) is 18.9 Å². The molecule has 4 aromatic rings. The zero-order valence-corrected chi connectivity index (χ0v) is 27.1. The van der Waals surface area contributed by atoms with Gasteiger partial charge in [-0.1, -0.05) is 6.92 Å². The lowest BCUT2D eigenvalue weighted by Gasteiger charge is -2.28. The summed E-state index contributed by atoms with van der Waals surface area (Å²) >= 11 is 0. The SMILES string of the molecule is CC(F)(F)S(N)(=O)=O.CC[C@@H]1CCCN1CCCN(c1cc(OC)cc(OC)c1)c1ccc2ncc(-c3cnn(C)c3)nc2c1. The van der Waals surface area contributed by atoms with Crippen molar-refractivity contribution < 1.29 is 26.7 Å². The van der Waals surface area contributed by atoms with E-state index >= 15 is 0 Å². The lowest BCUT2D eigenvalue weighted by atomic mass is 10.1. The van der Waals surface area contributed by atoms with Crippen LogP contribution < -0.4 is 19.5 Å². The highest BCUT2D eigenvalue weighted by Crippen LogP contribution is 2.34. The quantitative estimate of drug-likeness (QED) is 0.230. The van der Waals surface area contributed by atoms with E-state index in [1.807, 2.05) is 37.8 Å². The first-order chi connectivity index (χ1) is 21.3. The number of aromatic nitrogens is 4. The van der Waals surface area contributed by atoms with Crippen molar-refractivity contribution in [3.05, 3.63) is 55.0 Å². The first kappa shape index (κ1) is 34.0. The van der Waals surface area contributed by atoms with Gasteiger partial charge in [-0.15, -0.1) is 0 Å². The fourth-order valence-electron chi connectivity index (χ4n) is 5.30. The molecule has 1 saturated heterocycles. The molecule has 0 bridgehead atoms. The molecule has 45 heavy (non-hydrogen) atoms. The number of hydrogen-bond acceptors (Lipinski definition) is 9. The number of primary sulfonamides is 1. The van der Waals surface area contributed by atoms with Crippen LogP contribution in [0.15, 0.2) is 55.0 Å². The maximum absolute atomic E-state index is 11.5. The Morgan fingerprint density at radius 2 is 1.76 bits per heavy atom. The van der Waals surface area contributed by atoms with Gasteiger partial charge in [0.1, 0.15) is 11.5 Å². The summed E-state index contributed by atoms with van der Waals surface area (Å²) in [7, 11) is 0.605. The first-order valence-electron chi connectivity index (χ1n) is 14.7. The molecule has 0 saturated carbocycles. The normalized spacial score (nSPS) is 15.5. The van der Waals surface area contributed by atoms with Crippen molar-refractivity contribution in [2.45, 2.75) is 50.8 Å². The van der Waals surface area contributed by atoms with Gasteiger partial charge in [0.15, 0.2) is 0 Å². The van der Waals surface area contributed by atoms with Crippen molar-refractivity contribution in [2.75, 3.05) is 38.8 Å². The summed E-state index contributed by atoms with van der Waals surface area (Å²) in [4.78, 5) is 14.6. The van der Waals surface area contributed by atoms with Crippen LogP contribution in [-0.2, 0) is 17.1 Å². The molecular formula is C31H41F2N7O4S. The third-order valence-electron chi connectivity index (χ3n) is 7.78. The monoisotopic (exact) mass is 645 g/mol. The Bertz CT molecular complexity index is 1670. The largest absolute Gasteiger partial charge is 0.497 e. The Labute approximate surface area is 263 Å². The van der Waals surface area contributed by atoms with Gasteiger partial charge in [0.25, 0.3) is 10.0 Å². The number of nitrogens with zero attached hydrogens (tertiary/aromatic N) is 6. The van der Waals surface area contributed by atoms with Gasteiger partial charge >= 0.3 is 5.25 Å². The average Bonchev–Trinajstić information content (AvgIpc) is 3.66. The molecule has 5 rings (SSSR count). The fraction of sp³-hybridized carbons (Fsp3) is 0.452. The number of aryl methyl sites for hydroxylation is 1. The van der Waals surface area contributed by atoms with Gasteiger partial charge in [0.2, 0.25) is 0 Å². The minimum absolute atomic E-state index is 0.225. The predicted octanol–water partition coefficient (Wildman–Crippen LogP) is 5.34. The highest BCUT2D eigenvalue weighted by atomic mass is 32.2. The number of anilines is 2. The van der Waals surface area contributed by atoms with Crippen molar-refractivity contribution in [2.24, 2.45) is 12.2 Å². The third kappa shape index (κ3) is 8.65. The number of fused-ring (bicyclic) bond motifs is 1. The Hall–Kier alpha value is -3.88. The van der Waals surface area contributed by atoms with E-state index in [0.29, 0.717) is 6.04 Å². The fourth-order valence-corrected chi connectivity index (χ4v) is 5.30. The second-order valence-corrected chi connectivity index (χ2v) is 12.8. The zero-order valence-electron chi connectivity index (χ0n) is 26.3. The van der Waals surface area contributed by atoms with Gasteiger partial charge in [-0.25, -0.2) is 18.5 Å². The topological polar surface area (TPSA) is 129 Å². The van der Waals surface area contributed by atoms with Crippen molar-refractivity contribution >= 4 is 32.4 Å². The molecule has 2 N–H and O–H groups in total. The molecule has 1 aliphatic heterocycles. The third-order valence-corrected chi connectivity index (χ3v) is 8.78. The van der Waals surface area contributed by atoms with Crippen molar-refractivity contribution in [1.82, 2.24) is 24.6 Å². The average molecular weight is 646 g/mol. The van der Waals surface area contributed by atoms with E-state index in [9.17, 15) is 17.2 Å². The van der Waals surface area contributed by atoms with Crippen LogP contribution in [-0.4, -0.2) is 78.2 Å². The van der Waals surface area contributed by atoms with Crippen LogP contribution in [0.25, 0.3) is 22.3 Å². The molecule has 0 radical (unpaired) electrons. The summed E-state index contributed by atoms with van der Waals surface area (Å²) in [5, 5.41) is 4.50. The Morgan fingerprint density at radius 3 is 2.33 bits per heavy atom. The van der Waals surface area contributed by atoms with Crippen LogP contribution >= 0.6 is 0 Å². The van der Waals surface area contributed by atoms with E-state index < -0.39 is 15.3 Å². The highest BCUT2D eigenvalue weighted by Gasteiger charge is 2.35. The number of methoxy groups -OCH3 is 2. The molecule has 3 heterocycles. The number of halogens is 2. The van der Waals surface area contributed by atoms with Crippen molar-refractivity contribution in [3.63, 3.8) is 0 Å². The van der Waals surface area contributed by atoms with Crippen molar-refractivity contribution in [1.29, 1.82) is 0 Å². The predicted molar refractivity (Wildman–Crippen MR) is 172 cm³/mol. The maximum Gasteiger partial charge on any atom is 0.356 e. The number of benzene rings is 2. The van der Waals surface area contributed by atoms with Crippen LogP contribution in [0.4, 0.5) is 20.2 Å². The zero-order chi connectivity index (χ0) is 32.8. The van der Waals surface area contributed by atoms with Crippen LogP contribution in [0.1, 0.15) is 39.5 Å². The summed E-state index contributed by atoms with van der Waals surface area (Å²) in [5.41, 5.74) is 5.57. The van der Waals surface area contributed by atoms with Crippen LogP contribution in [0.5, 0.6) is 11.5 Å². The van der Waals surface area contributed by atoms with Gasteiger partial charge in [-0.05, 0) is 50.4 Å². The summed E-state index contributed by atoms with van der Waals surface area (Å²) in [6.07, 6.45) is 10.5. The molecule has 0 unspecified atom stereocenters. The van der Waals surface area contributed by atoms with Gasteiger partial charge < -0.3 is 19.3 Å². The Kier molecular flexibility index (Phi) is 10.9. The van der Waals surface area contributed by atoms with Gasteiger partial charge in [0.05, 0.1) is 43.3 Å². The van der Waals surface area contributed by atoms with E-state index in [4.69, 9.17) is 14.5 Å². The standard InChI is InChI=1S/C29H36N6O2.C2H5F2NO2S/c1-5-22-8-6-11-34(22)12-7-13-35(24-14-25(36-3)17-26(15-24)37-4)23-9-10-27-28(16-23)32-29(19-30-27)21-18-31-33(2)20-21;1-2(3,4)8(5,6)7/h9-10,14-20,22H,5-8,11-13H2,1-4H3;1H3,(H2,5,6,7)/t22-;/m1./s1. The van der Waals surface area contributed by atoms with Gasteiger partial charge in [0, 0.05) is 74.4 Å². The lowest BCUT2D eigenvalue weighted by Crippen LogP contribution is -2.32. The van der Waals surface area contributed by atoms with Crippen LogP contribution in [0, 0.1) is 0 Å². The number of rotatable bonds is 11. The number of sulfonamides is 1. The summed E-state index contributed by atoms with van der Waals surface area (Å²) in [6, 6.07) is 13.0. The Morgan fingerprint density at radius 1 is 1.07 bits per heavy atom. The molecule has 11 nitrogen and oxygen atoms in total. The summed E-state index contributed by atoms with van der Waals surface area (Å²) < 4.78 is 55.3. The van der Waals surface area contributed by atoms with Crippen LogP contribution in [0.3, 0.4) is 0 Å². The minimum Gasteiger partial charge on any atom is -0.497 e. The van der Waals surface area contributed by atoms with E-state index in [2.05, 4.69) is 56.2 Å². The second-order valence-electron chi connectivity index (χ2n) is 11.0. The molecular weight excluding hydrogens is 604 g/mol. The van der Waals surface area contributed by atoms with Gasteiger partial charge in [-0.3, -0.25) is 9.67 Å². The molecule has 244 valence electrons.